The third-order valence-electron chi connectivity index (χ3n) is 5.76. The van der Waals surface area contributed by atoms with Crippen LogP contribution in [0.2, 0.25) is 0 Å². The maximum atomic E-state index is 13.0. The molecule has 8 heteroatoms. The zero-order valence-electron chi connectivity index (χ0n) is 17.6. The Hall–Kier alpha value is -2.19. The lowest BCUT2D eigenvalue weighted by Crippen LogP contribution is -2.42. The van der Waals surface area contributed by atoms with Crippen molar-refractivity contribution in [2.75, 3.05) is 13.1 Å². The summed E-state index contributed by atoms with van der Waals surface area (Å²) in [6, 6.07) is 6.31. The van der Waals surface area contributed by atoms with E-state index in [0.717, 1.165) is 36.2 Å². The minimum Gasteiger partial charge on any atom is -0.352 e. The fourth-order valence-corrected chi connectivity index (χ4v) is 5.69. The van der Waals surface area contributed by atoms with Crippen LogP contribution in [0.3, 0.4) is 0 Å². The minimum atomic E-state index is -3.60. The number of piperidine rings is 1. The number of nitrogens with one attached hydrogen (secondary N) is 1. The number of carbonyl (C=O) groups excluding carboxylic acids is 1. The number of sulfonamides is 1. The van der Waals surface area contributed by atoms with Gasteiger partial charge in [0.05, 0.1) is 10.6 Å². The summed E-state index contributed by atoms with van der Waals surface area (Å²) in [6.07, 6.45) is 3.47. The van der Waals surface area contributed by atoms with Crippen molar-refractivity contribution in [3.05, 3.63) is 46.8 Å². The van der Waals surface area contributed by atoms with E-state index in [0.29, 0.717) is 25.1 Å². The molecule has 158 valence electrons. The lowest BCUT2D eigenvalue weighted by molar-refractivity contribution is 0.0954. The molecule has 0 spiro atoms. The van der Waals surface area contributed by atoms with Crippen LogP contribution >= 0.6 is 0 Å². The van der Waals surface area contributed by atoms with Crippen molar-refractivity contribution in [1.29, 1.82) is 0 Å². The van der Waals surface area contributed by atoms with Gasteiger partial charge >= 0.3 is 0 Å². The highest BCUT2D eigenvalue weighted by atomic mass is 32.2. The van der Waals surface area contributed by atoms with Crippen molar-refractivity contribution in [2.45, 2.75) is 57.4 Å². The topological polar surface area (TPSA) is 84.3 Å². The maximum absolute atomic E-state index is 13.0. The number of aromatic nitrogens is 2. The third kappa shape index (κ3) is 4.53. The van der Waals surface area contributed by atoms with Gasteiger partial charge in [0.15, 0.2) is 0 Å². The molecule has 1 aliphatic heterocycles. The summed E-state index contributed by atoms with van der Waals surface area (Å²) in [5.41, 5.74) is 3.53. The lowest BCUT2D eigenvalue weighted by Gasteiger charge is -2.32. The Morgan fingerprint density at radius 2 is 2.03 bits per heavy atom. The van der Waals surface area contributed by atoms with Gasteiger partial charge in [-0.25, -0.2) is 8.42 Å². The second-order valence-corrected chi connectivity index (χ2v) is 9.66. The zero-order chi connectivity index (χ0) is 21.2. The van der Waals surface area contributed by atoms with Crippen LogP contribution in [0.1, 0.15) is 53.5 Å². The van der Waals surface area contributed by atoms with E-state index in [1.54, 1.807) is 22.5 Å². The predicted octanol–water partition coefficient (Wildman–Crippen LogP) is 2.57. The van der Waals surface area contributed by atoms with Crippen LogP contribution in [0.4, 0.5) is 0 Å². The van der Waals surface area contributed by atoms with Gasteiger partial charge in [0.2, 0.25) is 10.0 Å². The van der Waals surface area contributed by atoms with E-state index < -0.39 is 10.0 Å². The molecule has 1 aromatic carbocycles. The predicted molar refractivity (Wildman–Crippen MR) is 112 cm³/mol. The number of nitrogens with zero attached hydrogens (tertiary/aromatic N) is 3. The van der Waals surface area contributed by atoms with Crippen molar-refractivity contribution in [2.24, 2.45) is 7.05 Å². The average molecular weight is 419 g/mol. The molecular formula is C21H30N4O3S. The van der Waals surface area contributed by atoms with Gasteiger partial charge < -0.3 is 5.32 Å². The first-order chi connectivity index (χ1) is 13.7. The molecule has 2 heterocycles. The molecular weight excluding hydrogens is 388 g/mol. The summed E-state index contributed by atoms with van der Waals surface area (Å²) < 4.78 is 29.5. The van der Waals surface area contributed by atoms with Crippen LogP contribution in [0.15, 0.2) is 29.2 Å². The van der Waals surface area contributed by atoms with E-state index in [1.807, 2.05) is 32.5 Å². The third-order valence-corrected chi connectivity index (χ3v) is 7.77. The fourth-order valence-electron chi connectivity index (χ4n) is 3.94. The smallest absolute Gasteiger partial charge is 0.251 e. The molecule has 0 bridgehead atoms. The van der Waals surface area contributed by atoms with E-state index >= 15 is 0 Å². The van der Waals surface area contributed by atoms with Gasteiger partial charge in [0, 0.05) is 37.4 Å². The summed E-state index contributed by atoms with van der Waals surface area (Å²) in [4.78, 5) is 12.8. The van der Waals surface area contributed by atoms with Crippen molar-refractivity contribution >= 4 is 15.9 Å². The van der Waals surface area contributed by atoms with Crippen molar-refractivity contribution in [3.63, 3.8) is 0 Å². The van der Waals surface area contributed by atoms with E-state index in [-0.39, 0.29) is 16.8 Å². The second kappa shape index (κ2) is 8.67. The van der Waals surface area contributed by atoms with Gasteiger partial charge in [-0.2, -0.15) is 9.40 Å². The van der Waals surface area contributed by atoms with E-state index in [1.165, 1.54) is 6.07 Å². The molecule has 0 radical (unpaired) electrons. The van der Waals surface area contributed by atoms with Crippen LogP contribution in [0.25, 0.3) is 0 Å². The number of hydrogen-bond donors (Lipinski definition) is 1. The first-order valence-electron chi connectivity index (χ1n) is 10.1. The molecule has 1 atom stereocenters. The Morgan fingerprint density at radius 3 is 2.69 bits per heavy atom. The highest BCUT2D eigenvalue weighted by molar-refractivity contribution is 7.89. The molecule has 1 fully saturated rings. The highest BCUT2D eigenvalue weighted by Gasteiger charge is 2.31. The van der Waals surface area contributed by atoms with Gasteiger partial charge in [-0.1, -0.05) is 12.5 Å². The molecule has 3 rings (SSSR count). The first kappa shape index (κ1) is 21.5. The summed E-state index contributed by atoms with van der Waals surface area (Å²) in [7, 11) is -1.69. The molecule has 1 unspecified atom stereocenters. The average Bonchev–Trinajstić information content (AvgIpc) is 2.94. The van der Waals surface area contributed by atoms with Crippen molar-refractivity contribution < 1.29 is 13.2 Å². The summed E-state index contributed by atoms with van der Waals surface area (Å²) in [5, 5.41) is 7.28. The number of hydrogen-bond acceptors (Lipinski definition) is 4. The summed E-state index contributed by atoms with van der Waals surface area (Å²) >= 11 is 0. The van der Waals surface area contributed by atoms with Gasteiger partial charge in [-0.3, -0.25) is 9.48 Å². The van der Waals surface area contributed by atoms with Crippen LogP contribution in [-0.2, 0) is 23.5 Å². The highest BCUT2D eigenvalue weighted by Crippen LogP contribution is 2.25. The van der Waals surface area contributed by atoms with Crippen LogP contribution in [0, 0.1) is 13.8 Å². The van der Waals surface area contributed by atoms with E-state index in [4.69, 9.17) is 0 Å². The van der Waals surface area contributed by atoms with Gasteiger partial charge in [0.1, 0.15) is 0 Å². The Balaban J connectivity index is 1.69. The molecule has 1 amide bonds. The second-order valence-electron chi connectivity index (χ2n) is 7.77. The molecule has 7 nitrogen and oxygen atoms in total. The minimum absolute atomic E-state index is 0.0165. The van der Waals surface area contributed by atoms with Crippen LogP contribution in [-0.4, -0.2) is 47.5 Å². The summed E-state index contributed by atoms with van der Waals surface area (Å²) in [6.45, 7) is 6.90. The molecule has 1 N–H and O–H groups in total. The molecule has 0 aliphatic carbocycles. The largest absolute Gasteiger partial charge is 0.352 e. The Kier molecular flexibility index (Phi) is 6.43. The van der Waals surface area contributed by atoms with Gasteiger partial charge in [-0.15, -0.1) is 0 Å². The van der Waals surface area contributed by atoms with E-state index in [9.17, 15) is 13.2 Å². The van der Waals surface area contributed by atoms with Gasteiger partial charge in [0.25, 0.3) is 5.91 Å². The van der Waals surface area contributed by atoms with E-state index in [2.05, 4.69) is 10.4 Å². The number of benzene rings is 1. The molecule has 1 aromatic heterocycles. The molecule has 29 heavy (non-hydrogen) atoms. The summed E-state index contributed by atoms with van der Waals surface area (Å²) in [5.74, 6) is -0.270. The standard InChI is InChI=1S/C21H30N4O3S/c1-15-8-5-6-13-25(15)29(27,28)19-10-7-9-18(14-19)21(26)22-12-11-20-16(2)23-24(4)17(20)3/h7,9-10,14-15H,5-6,8,11-13H2,1-4H3,(H,22,26). The lowest BCUT2D eigenvalue weighted by atomic mass is 10.1. The first-order valence-corrected chi connectivity index (χ1v) is 11.5. The van der Waals surface area contributed by atoms with Gasteiger partial charge in [-0.05, 0) is 63.8 Å². The SMILES string of the molecule is Cc1nn(C)c(C)c1CCNC(=O)c1cccc(S(=O)(=O)N2CCCCC2C)c1. The Morgan fingerprint density at radius 1 is 1.28 bits per heavy atom. The fraction of sp³-hybridized carbons (Fsp3) is 0.524. The van der Waals surface area contributed by atoms with Crippen molar-refractivity contribution in [1.82, 2.24) is 19.4 Å². The quantitative estimate of drug-likeness (QED) is 0.781. The monoisotopic (exact) mass is 418 g/mol. The zero-order valence-corrected chi connectivity index (χ0v) is 18.4. The number of amides is 1. The maximum Gasteiger partial charge on any atom is 0.251 e. The molecule has 2 aromatic rings. The molecule has 1 saturated heterocycles. The van der Waals surface area contributed by atoms with Crippen molar-refractivity contribution in [3.8, 4) is 0 Å². The molecule has 1 aliphatic rings. The Labute approximate surface area is 173 Å². The van der Waals surface area contributed by atoms with Crippen LogP contribution < -0.4 is 5.32 Å². The number of carbonyl (C=O) groups is 1. The number of rotatable bonds is 6. The number of aryl methyl sites for hydroxylation is 2. The Bertz CT molecular complexity index is 997. The van der Waals surface area contributed by atoms with Crippen LogP contribution in [0.5, 0.6) is 0 Å². The molecule has 0 saturated carbocycles. The normalized spacial score (nSPS) is 18.0.